The van der Waals surface area contributed by atoms with E-state index >= 15 is 0 Å². The van der Waals surface area contributed by atoms with Crippen molar-refractivity contribution in [2.75, 3.05) is 5.32 Å². The predicted octanol–water partition coefficient (Wildman–Crippen LogP) is 5.97. The number of thiazole rings is 1. The first-order chi connectivity index (χ1) is 15.0. The first-order valence-corrected chi connectivity index (χ1v) is 10.6. The Kier molecular flexibility index (Phi) is 5.84. The van der Waals surface area contributed by atoms with E-state index < -0.39 is 29.5 Å². The molecule has 1 aromatic carbocycles. The van der Waals surface area contributed by atoms with Gasteiger partial charge < -0.3 is 10.4 Å². The van der Waals surface area contributed by atoms with Crippen molar-refractivity contribution in [1.29, 1.82) is 0 Å². The fraction of sp³-hybridized carbons (Fsp3) is 0.400. The molecule has 0 radical (unpaired) electrons. The van der Waals surface area contributed by atoms with Crippen LogP contribution in [0.2, 0.25) is 0 Å². The summed E-state index contributed by atoms with van der Waals surface area (Å²) in [7, 11) is 0. The molecular weight excluding hydrogens is 453 g/mol. The largest absolute Gasteiger partial charge is 0.416 e. The number of rotatable bonds is 4. The summed E-state index contributed by atoms with van der Waals surface area (Å²) in [6.07, 6.45) is -2.81. The second kappa shape index (κ2) is 8.32. The van der Waals surface area contributed by atoms with Crippen LogP contribution in [0.1, 0.15) is 43.9 Å². The Balaban J connectivity index is 1.66. The molecule has 0 atom stereocenters. The number of fused-ring (bicyclic) bond motifs is 1. The Morgan fingerprint density at radius 2 is 1.78 bits per heavy atom. The van der Waals surface area contributed by atoms with Crippen molar-refractivity contribution in [3.05, 3.63) is 35.5 Å². The highest BCUT2D eigenvalue weighted by Gasteiger charge is 2.31. The minimum absolute atomic E-state index is 0.00169. The molecule has 0 aliphatic heterocycles. The van der Waals surface area contributed by atoms with Gasteiger partial charge in [-0.1, -0.05) is 11.3 Å². The van der Waals surface area contributed by atoms with E-state index in [1.165, 1.54) is 6.07 Å². The summed E-state index contributed by atoms with van der Waals surface area (Å²) in [6, 6.07) is 4.22. The SMILES string of the molecule is CC(F)(F)c1cc(Nc2nc3ccc(C(F)(F)F)cc3s2)nc(N=C2CCC(O)CC2)n1. The Bertz CT molecular complexity index is 1160. The molecule has 1 aliphatic carbocycles. The van der Waals surface area contributed by atoms with E-state index in [0.29, 0.717) is 48.5 Å². The molecule has 1 fully saturated rings. The van der Waals surface area contributed by atoms with Crippen LogP contribution < -0.4 is 5.32 Å². The molecule has 0 amide bonds. The summed E-state index contributed by atoms with van der Waals surface area (Å²) in [5.74, 6) is -3.41. The minimum Gasteiger partial charge on any atom is -0.393 e. The summed E-state index contributed by atoms with van der Waals surface area (Å²) in [4.78, 5) is 16.5. The Labute approximate surface area is 183 Å². The maximum Gasteiger partial charge on any atom is 0.416 e. The van der Waals surface area contributed by atoms with Crippen LogP contribution in [-0.2, 0) is 12.1 Å². The highest BCUT2D eigenvalue weighted by atomic mass is 32.1. The van der Waals surface area contributed by atoms with Crippen molar-refractivity contribution >= 4 is 44.2 Å². The molecule has 1 aliphatic rings. The third-order valence-electron chi connectivity index (χ3n) is 4.91. The van der Waals surface area contributed by atoms with Gasteiger partial charge in [0.25, 0.3) is 11.9 Å². The van der Waals surface area contributed by atoms with Crippen LogP contribution in [0, 0.1) is 0 Å². The number of aromatic nitrogens is 3. The van der Waals surface area contributed by atoms with Crippen LogP contribution in [0.3, 0.4) is 0 Å². The molecular formula is C20H18F5N5OS. The molecule has 3 aromatic rings. The molecule has 0 spiro atoms. The van der Waals surface area contributed by atoms with E-state index in [4.69, 9.17) is 0 Å². The van der Waals surface area contributed by atoms with Gasteiger partial charge in [-0.25, -0.2) is 15.0 Å². The number of aliphatic hydroxyl groups excluding tert-OH is 1. The van der Waals surface area contributed by atoms with Gasteiger partial charge in [-0.2, -0.15) is 26.9 Å². The first-order valence-electron chi connectivity index (χ1n) is 9.74. The van der Waals surface area contributed by atoms with E-state index in [0.717, 1.165) is 29.5 Å². The number of hydrogen-bond acceptors (Lipinski definition) is 7. The minimum atomic E-state index is -4.48. The molecule has 2 heterocycles. The summed E-state index contributed by atoms with van der Waals surface area (Å²) >= 11 is 0.944. The Morgan fingerprint density at radius 3 is 2.44 bits per heavy atom. The number of aliphatic hydroxyl groups is 1. The van der Waals surface area contributed by atoms with Gasteiger partial charge in [0.1, 0.15) is 11.5 Å². The number of anilines is 2. The predicted molar refractivity (Wildman–Crippen MR) is 111 cm³/mol. The van der Waals surface area contributed by atoms with Crippen LogP contribution in [0.15, 0.2) is 29.3 Å². The average Bonchev–Trinajstić information content (AvgIpc) is 3.09. The zero-order chi connectivity index (χ0) is 23.1. The van der Waals surface area contributed by atoms with Gasteiger partial charge in [0.05, 0.1) is 21.9 Å². The lowest BCUT2D eigenvalue weighted by molar-refractivity contribution is -0.137. The molecule has 1 saturated carbocycles. The number of benzene rings is 1. The molecule has 12 heteroatoms. The summed E-state index contributed by atoms with van der Waals surface area (Å²) in [5, 5.41) is 12.6. The number of nitrogens with one attached hydrogen (secondary N) is 1. The summed E-state index contributed by atoms with van der Waals surface area (Å²) in [6.45, 7) is 0.698. The highest BCUT2D eigenvalue weighted by Crippen LogP contribution is 2.36. The summed E-state index contributed by atoms with van der Waals surface area (Å²) in [5.41, 5.74) is -0.309. The molecule has 0 saturated heterocycles. The Hall–Kier alpha value is -2.73. The molecule has 0 bridgehead atoms. The van der Waals surface area contributed by atoms with Crippen molar-refractivity contribution in [2.24, 2.45) is 4.99 Å². The Morgan fingerprint density at radius 1 is 1.06 bits per heavy atom. The smallest absolute Gasteiger partial charge is 0.393 e. The average molecular weight is 471 g/mol. The first kappa shape index (κ1) is 22.5. The number of alkyl halides is 5. The fourth-order valence-corrected chi connectivity index (χ4v) is 4.14. The van der Waals surface area contributed by atoms with Gasteiger partial charge in [-0.15, -0.1) is 0 Å². The van der Waals surface area contributed by atoms with Crippen LogP contribution in [-0.4, -0.2) is 31.9 Å². The molecule has 2 aromatic heterocycles. The topological polar surface area (TPSA) is 83.3 Å². The van der Waals surface area contributed by atoms with Crippen LogP contribution >= 0.6 is 11.3 Å². The molecule has 6 nitrogen and oxygen atoms in total. The van der Waals surface area contributed by atoms with Gasteiger partial charge in [0, 0.05) is 18.7 Å². The fourth-order valence-electron chi connectivity index (χ4n) is 3.23. The van der Waals surface area contributed by atoms with E-state index in [9.17, 15) is 27.1 Å². The lowest BCUT2D eigenvalue weighted by Crippen LogP contribution is -2.18. The van der Waals surface area contributed by atoms with Crippen LogP contribution in [0.4, 0.5) is 38.8 Å². The summed E-state index contributed by atoms with van der Waals surface area (Å²) < 4.78 is 67.1. The number of nitrogens with zero attached hydrogens (tertiary/aromatic N) is 4. The van der Waals surface area contributed by atoms with Crippen molar-refractivity contribution < 1.29 is 27.1 Å². The molecule has 2 N–H and O–H groups in total. The zero-order valence-electron chi connectivity index (χ0n) is 16.7. The second-order valence-corrected chi connectivity index (χ2v) is 8.59. The van der Waals surface area contributed by atoms with Crippen molar-refractivity contribution in [2.45, 2.75) is 50.8 Å². The number of halogens is 5. The van der Waals surface area contributed by atoms with Crippen molar-refractivity contribution in [1.82, 2.24) is 15.0 Å². The van der Waals surface area contributed by atoms with E-state index in [1.54, 1.807) is 0 Å². The van der Waals surface area contributed by atoms with Crippen molar-refractivity contribution in [3.8, 4) is 0 Å². The molecule has 4 rings (SSSR count). The van der Waals surface area contributed by atoms with E-state index in [-0.39, 0.29) is 16.9 Å². The lowest BCUT2D eigenvalue weighted by atomic mass is 9.96. The standard InChI is InChI=1S/C20H18F5N5OS/c1-19(21,22)15-9-16(29-17(28-15)26-11-3-5-12(31)6-4-11)30-18-27-13-7-2-10(20(23,24)25)8-14(13)32-18/h2,7-9,12,31H,3-6H2,1H3,(H,27,28,29,30). The molecule has 170 valence electrons. The second-order valence-electron chi connectivity index (χ2n) is 7.56. The lowest BCUT2D eigenvalue weighted by Gasteiger charge is -2.18. The van der Waals surface area contributed by atoms with Gasteiger partial charge >= 0.3 is 6.18 Å². The number of aliphatic imine (C=N–C) groups is 1. The normalized spacial score (nSPS) is 17.6. The third-order valence-corrected chi connectivity index (χ3v) is 5.84. The van der Waals surface area contributed by atoms with Gasteiger partial charge in [-0.3, -0.25) is 0 Å². The van der Waals surface area contributed by atoms with Crippen LogP contribution in [0.25, 0.3) is 10.2 Å². The maximum absolute atomic E-state index is 14.0. The zero-order valence-corrected chi connectivity index (χ0v) is 17.6. The van der Waals surface area contributed by atoms with Gasteiger partial charge in [0.2, 0.25) is 0 Å². The highest BCUT2D eigenvalue weighted by molar-refractivity contribution is 7.22. The van der Waals surface area contributed by atoms with Crippen LogP contribution in [0.5, 0.6) is 0 Å². The monoisotopic (exact) mass is 471 g/mol. The third kappa shape index (κ3) is 5.18. The van der Waals surface area contributed by atoms with Gasteiger partial charge in [0.15, 0.2) is 5.13 Å². The number of hydrogen-bond donors (Lipinski definition) is 2. The maximum atomic E-state index is 14.0. The molecule has 0 unspecified atom stereocenters. The van der Waals surface area contributed by atoms with Gasteiger partial charge in [-0.05, 0) is 43.9 Å². The molecule has 32 heavy (non-hydrogen) atoms. The van der Waals surface area contributed by atoms with E-state index in [2.05, 4.69) is 25.3 Å². The van der Waals surface area contributed by atoms with Crippen molar-refractivity contribution in [3.63, 3.8) is 0 Å². The van der Waals surface area contributed by atoms with E-state index in [1.807, 2.05) is 0 Å². The quantitative estimate of drug-likeness (QED) is 0.458.